The summed E-state index contributed by atoms with van der Waals surface area (Å²) in [5.74, 6) is 0. The van der Waals surface area contributed by atoms with Crippen LogP contribution in [0.2, 0.25) is 13.3 Å². The number of halogens is 1. The van der Waals surface area contributed by atoms with Crippen LogP contribution in [-0.2, 0) is 8.67 Å². The molecule has 0 aliphatic carbocycles. The van der Waals surface area contributed by atoms with Crippen molar-refractivity contribution < 1.29 is 27.5 Å². The SMILES string of the molecule is Brc1cnc2c(c1)c(-c1ccoc1)cn2OOSc1ccccc1.C.C.C.CCC[CH2][Sn]([CH2]CCC)([CH2]CCC)[c]1cccs1.c1ccc(SOOn2cc(-c3ccoc3)c3cc(-c4cccs4)cnc32)cc1. The first-order chi connectivity index (χ1) is 34.5. The Morgan fingerprint density at radius 3 is 1.52 bits per heavy atom. The smallest absolute Gasteiger partial charge is 0.179 e. The van der Waals surface area contributed by atoms with Gasteiger partial charge in [-0.3, -0.25) is 0 Å². The fourth-order valence-corrected chi connectivity index (χ4v) is 29.9. The van der Waals surface area contributed by atoms with Gasteiger partial charge in [-0.15, -0.1) is 20.8 Å². The number of fused-ring (bicyclic) bond motifs is 2. The largest absolute Gasteiger partial charge is 0.472 e. The molecule has 8 heterocycles. The average molecular weight is 1230 g/mol. The number of unbranched alkanes of at least 4 members (excludes halogenated alkanes) is 3. The van der Waals surface area contributed by atoms with Crippen LogP contribution in [0.5, 0.6) is 0 Å². The molecule has 0 saturated heterocycles. The molecule has 0 fully saturated rings. The Balaban J connectivity index is 0.000000204. The number of pyridine rings is 2. The third-order valence-electron chi connectivity index (χ3n) is 11.7. The van der Waals surface area contributed by atoms with Crippen molar-refractivity contribution in [1.29, 1.82) is 0 Å². The molecule has 0 saturated carbocycles. The van der Waals surface area contributed by atoms with E-state index in [0.717, 1.165) is 81.8 Å². The maximum absolute atomic E-state index is 5.52. The van der Waals surface area contributed by atoms with Gasteiger partial charge in [0.1, 0.15) is 0 Å². The second kappa shape index (κ2) is 30.6. The molecular weight excluding hydrogens is 1160 g/mol. The first kappa shape index (κ1) is 59.2. The molecule has 386 valence electrons. The molecule has 8 aromatic heterocycles. The third-order valence-corrected chi connectivity index (χ3v) is 33.5. The summed E-state index contributed by atoms with van der Waals surface area (Å²) in [5.41, 5.74) is 6.19. The maximum Gasteiger partial charge on any atom is 0.179 e. The van der Waals surface area contributed by atoms with Gasteiger partial charge < -0.3 is 8.83 Å². The van der Waals surface area contributed by atoms with E-state index in [2.05, 4.69) is 93.0 Å². The van der Waals surface area contributed by atoms with Crippen molar-refractivity contribution in [1.82, 2.24) is 19.4 Å². The fraction of sp³-hybridized carbons (Fsp3) is 0.263. The molecule has 0 aliphatic rings. The Labute approximate surface area is 460 Å². The van der Waals surface area contributed by atoms with Crippen LogP contribution >= 0.6 is 62.7 Å². The minimum atomic E-state index is -2.01. The normalized spacial score (nSPS) is 10.8. The second-order valence-electron chi connectivity index (χ2n) is 16.5. The molecule has 0 aliphatic heterocycles. The molecule has 16 heteroatoms. The van der Waals surface area contributed by atoms with Crippen LogP contribution in [0.3, 0.4) is 0 Å². The van der Waals surface area contributed by atoms with Gasteiger partial charge in [0.2, 0.25) is 0 Å². The van der Waals surface area contributed by atoms with Crippen molar-refractivity contribution in [3.05, 3.63) is 174 Å². The average Bonchev–Trinajstić information content (AvgIpc) is 4.26. The summed E-state index contributed by atoms with van der Waals surface area (Å²) in [6.07, 6.45) is 22.5. The van der Waals surface area contributed by atoms with E-state index in [1.807, 2.05) is 106 Å². The number of rotatable bonds is 21. The van der Waals surface area contributed by atoms with Crippen LogP contribution in [0, 0.1) is 0 Å². The number of furan rings is 2. The number of hydrogen-bond donors (Lipinski definition) is 0. The first-order valence-corrected chi connectivity index (χ1v) is 34.9. The van der Waals surface area contributed by atoms with Crippen molar-refractivity contribution >= 4 is 106 Å². The summed E-state index contributed by atoms with van der Waals surface area (Å²) in [7, 11) is 0. The van der Waals surface area contributed by atoms with E-state index in [9.17, 15) is 0 Å². The number of benzene rings is 2. The van der Waals surface area contributed by atoms with E-state index in [1.54, 1.807) is 55.9 Å². The molecule has 0 radical (unpaired) electrons. The Bertz CT molecular complexity index is 3020. The van der Waals surface area contributed by atoms with Gasteiger partial charge in [-0.25, -0.2) is 19.9 Å². The zero-order chi connectivity index (χ0) is 48.4. The van der Waals surface area contributed by atoms with Crippen molar-refractivity contribution in [3.63, 3.8) is 0 Å². The van der Waals surface area contributed by atoms with Gasteiger partial charge in [-0.2, -0.15) is 0 Å². The van der Waals surface area contributed by atoms with Gasteiger partial charge in [0, 0.05) is 70.1 Å². The molecule has 0 atom stereocenters. The molecule has 73 heavy (non-hydrogen) atoms. The van der Waals surface area contributed by atoms with E-state index in [-0.39, 0.29) is 22.3 Å². The zero-order valence-electron chi connectivity index (χ0n) is 39.3. The summed E-state index contributed by atoms with van der Waals surface area (Å²) in [6.45, 7) is 7.06. The zero-order valence-corrected chi connectivity index (χ0v) is 47.0. The fourth-order valence-electron chi connectivity index (χ4n) is 8.12. The van der Waals surface area contributed by atoms with Crippen LogP contribution in [0.25, 0.3) is 54.8 Å². The maximum atomic E-state index is 5.52. The topological polar surface area (TPSA) is 98.8 Å². The van der Waals surface area contributed by atoms with Gasteiger partial charge >= 0.3 is 123 Å². The number of nitrogens with zero attached hydrogens (tertiary/aromatic N) is 4. The first-order valence-electron chi connectivity index (χ1n) is 23.4. The summed E-state index contributed by atoms with van der Waals surface area (Å²) in [5, 5.41) is 6.25. The Morgan fingerprint density at radius 1 is 0.575 bits per heavy atom. The molecule has 10 aromatic rings. The van der Waals surface area contributed by atoms with Crippen molar-refractivity contribution in [2.75, 3.05) is 0 Å². The number of aromatic nitrogens is 4. The summed E-state index contributed by atoms with van der Waals surface area (Å²) >= 11 is 7.47. The molecule has 0 unspecified atom stereocenters. The van der Waals surface area contributed by atoms with Gasteiger partial charge in [-0.1, -0.05) is 73.4 Å². The van der Waals surface area contributed by atoms with E-state index in [4.69, 9.17) is 27.5 Å². The molecule has 2 aromatic carbocycles. The summed E-state index contributed by atoms with van der Waals surface area (Å²) in [4.78, 5) is 23.0. The van der Waals surface area contributed by atoms with E-state index in [0.29, 0.717) is 11.3 Å². The van der Waals surface area contributed by atoms with Crippen LogP contribution in [0.15, 0.2) is 193 Å². The minimum absolute atomic E-state index is 0. The molecule has 0 N–H and O–H groups in total. The standard InChI is InChI=1S/C21H14N2O3S2.C17H11BrN2O3S.C4H3S.3C4H9.3CH4.Sn/c1-2-5-17(6-3-1)28-26-25-23-13-19(15-8-9-24-14-15)18-11-16(12-22-21(18)23)20-7-4-10-27-20;18-13-8-15-16(12-6-7-21-11-12)10-20(17(15)19-9-13)22-23-24-14-4-2-1-3-5-14;1-2-4-5-3-1;3*1-3-4-2;;;;/h1-14H;1-11H;1-3H;3*1,3-4H2,2H3;3*1H4;. The Kier molecular flexibility index (Phi) is 24.8. The monoisotopic (exact) mass is 1230 g/mol. The summed E-state index contributed by atoms with van der Waals surface area (Å²) < 4.78 is 31.7. The van der Waals surface area contributed by atoms with E-state index < -0.39 is 18.4 Å². The van der Waals surface area contributed by atoms with Gasteiger partial charge in [0.15, 0.2) is 11.3 Å². The predicted octanol–water partition coefficient (Wildman–Crippen LogP) is 18.9. The van der Waals surface area contributed by atoms with Crippen molar-refractivity contribution in [2.24, 2.45) is 0 Å². The van der Waals surface area contributed by atoms with Crippen LogP contribution in [-0.4, -0.2) is 37.8 Å². The minimum Gasteiger partial charge on any atom is -0.472 e. The van der Waals surface area contributed by atoms with Crippen molar-refractivity contribution in [3.8, 4) is 32.7 Å². The number of hydrogen-bond acceptors (Lipinski definition) is 12. The van der Waals surface area contributed by atoms with Crippen LogP contribution in [0.4, 0.5) is 0 Å². The molecule has 0 bridgehead atoms. The quantitative estimate of drug-likeness (QED) is 0.0299. The number of thiophene rings is 2. The molecule has 0 amide bonds. The van der Waals surface area contributed by atoms with Crippen LogP contribution < -0.4 is 12.9 Å². The third kappa shape index (κ3) is 15.9. The van der Waals surface area contributed by atoms with Crippen LogP contribution in [0.1, 0.15) is 81.6 Å². The molecule has 0 spiro atoms. The van der Waals surface area contributed by atoms with Gasteiger partial charge in [0.25, 0.3) is 0 Å². The molecular formula is C57H67BrN4O6S4Sn. The van der Waals surface area contributed by atoms with Crippen molar-refractivity contribution in [2.45, 2.75) is 105 Å². The van der Waals surface area contributed by atoms with Gasteiger partial charge in [0.05, 0.1) is 61.5 Å². The van der Waals surface area contributed by atoms with E-state index in [1.165, 1.54) is 48.0 Å². The van der Waals surface area contributed by atoms with E-state index >= 15 is 0 Å². The predicted molar refractivity (Wildman–Crippen MR) is 315 cm³/mol. The molecule has 10 rings (SSSR count). The Hall–Kier alpha value is -4.72. The molecule has 10 nitrogen and oxygen atoms in total. The second-order valence-corrected chi connectivity index (χ2v) is 35.0. The Morgan fingerprint density at radius 2 is 1.07 bits per heavy atom. The summed E-state index contributed by atoms with van der Waals surface area (Å²) in [6, 6.07) is 36.2. The van der Waals surface area contributed by atoms with Gasteiger partial charge in [-0.05, 0) is 75.9 Å².